The van der Waals surface area contributed by atoms with Gasteiger partial charge in [0.2, 0.25) is 0 Å². The lowest BCUT2D eigenvalue weighted by Crippen LogP contribution is -2.20. The number of hydrogen-bond acceptors (Lipinski definition) is 3. The van der Waals surface area contributed by atoms with Crippen molar-refractivity contribution >= 4 is 15.9 Å². The van der Waals surface area contributed by atoms with E-state index in [0.29, 0.717) is 11.5 Å². The van der Waals surface area contributed by atoms with Crippen LogP contribution in [0.5, 0.6) is 0 Å². The van der Waals surface area contributed by atoms with E-state index >= 15 is 0 Å². The maximum atomic E-state index is 13.6. The van der Waals surface area contributed by atoms with Crippen LogP contribution < -0.4 is 5.32 Å². The van der Waals surface area contributed by atoms with Crippen molar-refractivity contribution in [2.75, 3.05) is 7.05 Å². The minimum atomic E-state index is -0.398. The molecule has 1 unspecified atom stereocenters. The number of nitrogens with one attached hydrogen (secondary N) is 1. The summed E-state index contributed by atoms with van der Waals surface area (Å²) in [7, 11) is 1.73. The quantitative estimate of drug-likeness (QED) is 0.942. The Morgan fingerprint density at radius 1 is 1.50 bits per heavy atom. The molecular weight excluding hydrogens is 275 g/mol. The van der Waals surface area contributed by atoms with Crippen molar-refractivity contribution in [3.63, 3.8) is 0 Å². The van der Waals surface area contributed by atoms with Gasteiger partial charge in [-0.05, 0) is 41.2 Å². The van der Waals surface area contributed by atoms with Crippen LogP contribution in [0.1, 0.15) is 17.5 Å². The van der Waals surface area contributed by atoms with E-state index in [4.69, 9.17) is 4.42 Å². The van der Waals surface area contributed by atoms with Crippen LogP contribution in [0, 0.1) is 5.82 Å². The molecule has 0 spiro atoms. The van der Waals surface area contributed by atoms with Crippen LogP contribution in [0.15, 0.2) is 39.5 Å². The second kappa shape index (κ2) is 4.76. The van der Waals surface area contributed by atoms with Gasteiger partial charge in [0, 0.05) is 6.20 Å². The molecule has 0 radical (unpaired) electrons. The van der Waals surface area contributed by atoms with Crippen molar-refractivity contribution in [3.05, 3.63) is 52.4 Å². The average Bonchev–Trinajstić information content (AvgIpc) is 2.69. The Morgan fingerprint density at radius 3 is 2.88 bits per heavy atom. The monoisotopic (exact) mass is 284 g/mol. The molecule has 16 heavy (non-hydrogen) atoms. The molecule has 0 fully saturated rings. The Labute approximate surface area is 101 Å². The molecule has 0 saturated heterocycles. The highest BCUT2D eigenvalue weighted by atomic mass is 79.9. The molecular formula is C11H10BrFN2O. The Morgan fingerprint density at radius 2 is 2.31 bits per heavy atom. The number of hydrogen-bond donors (Lipinski definition) is 1. The first-order chi connectivity index (χ1) is 7.74. The predicted molar refractivity (Wildman–Crippen MR) is 61.5 cm³/mol. The summed E-state index contributed by atoms with van der Waals surface area (Å²) in [6.07, 6.45) is 3.10. The van der Waals surface area contributed by atoms with Crippen LogP contribution in [-0.2, 0) is 0 Å². The van der Waals surface area contributed by atoms with Crippen molar-refractivity contribution < 1.29 is 8.81 Å². The van der Waals surface area contributed by atoms with E-state index in [1.165, 1.54) is 6.07 Å². The van der Waals surface area contributed by atoms with Gasteiger partial charge in [0.05, 0.1) is 10.7 Å². The first kappa shape index (κ1) is 11.3. The normalized spacial score (nSPS) is 12.7. The summed E-state index contributed by atoms with van der Waals surface area (Å²) in [5, 5.41) is 2.98. The lowest BCUT2D eigenvalue weighted by molar-refractivity contribution is 0.444. The third-order valence-electron chi connectivity index (χ3n) is 2.26. The van der Waals surface area contributed by atoms with Crippen LogP contribution >= 0.6 is 15.9 Å². The van der Waals surface area contributed by atoms with Gasteiger partial charge in [-0.1, -0.05) is 0 Å². The molecule has 2 heterocycles. The van der Waals surface area contributed by atoms with Gasteiger partial charge in [-0.3, -0.25) is 4.98 Å². The fourth-order valence-electron chi connectivity index (χ4n) is 1.51. The second-order valence-electron chi connectivity index (χ2n) is 3.22. The predicted octanol–water partition coefficient (Wildman–Crippen LogP) is 2.89. The highest BCUT2D eigenvalue weighted by molar-refractivity contribution is 9.10. The van der Waals surface area contributed by atoms with Crippen LogP contribution in [0.3, 0.4) is 0 Å². The summed E-state index contributed by atoms with van der Waals surface area (Å²) in [5.74, 6) is 0.255. The average molecular weight is 285 g/mol. The van der Waals surface area contributed by atoms with E-state index < -0.39 is 6.04 Å². The lowest BCUT2D eigenvalue weighted by atomic mass is 10.1. The smallest absolute Gasteiger partial charge is 0.146 e. The second-order valence-corrected chi connectivity index (χ2v) is 4.08. The van der Waals surface area contributed by atoms with Gasteiger partial charge in [-0.15, -0.1) is 0 Å². The first-order valence-electron chi connectivity index (χ1n) is 4.74. The maximum absolute atomic E-state index is 13.6. The molecule has 84 valence electrons. The fraction of sp³-hybridized carbons (Fsp3) is 0.182. The zero-order valence-electron chi connectivity index (χ0n) is 8.58. The molecule has 0 aliphatic rings. The molecule has 0 bridgehead atoms. The summed E-state index contributed by atoms with van der Waals surface area (Å²) in [6.45, 7) is 0. The number of rotatable bonds is 3. The van der Waals surface area contributed by atoms with Crippen LogP contribution in [0.25, 0.3) is 0 Å². The third kappa shape index (κ3) is 2.01. The van der Waals surface area contributed by atoms with Crippen LogP contribution in [0.4, 0.5) is 4.39 Å². The van der Waals surface area contributed by atoms with Gasteiger partial charge in [0.15, 0.2) is 0 Å². The van der Waals surface area contributed by atoms with Gasteiger partial charge in [0.25, 0.3) is 0 Å². The van der Waals surface area contributed by atoms with E-state index in [1.807, 2.05) is 0 Å². The molecule has 3 nitrogen and oxygen atoms in total. The highest BCUT2D eigenvalue weighted by Crippen LogP contribution is 2.29. The van der Waals surface area contributed by atoms with E-state index in [-0.39, 0.29) is 5.82 Å². The first-order valence-corrected chi connectivity index (χ1v) is 5.54. The van der Waals surface area contributed by atoms with E-state index in [2.05, 4.69) is 26.2 Å². The minimum Gasteiger partial charge on any atom is -0.466 e. The Kier molecular flexibility index (Phi) is 3.36. The molecule has 2 aromatic rings. The number of furan rings is 1. The van der Waals surface area contributed by atoms with Gasteiger partial charge >= 0.3 is 0 Å². The molecule has 0 amide bonds. The van der Waals surface area contributed by atoms with Crippen molar-refractivity contribution in [1.29, 1.82) is 0 Å². The number of nitrogens with zero attached hydrogens (tertiary/aromatic N) is 1. The minimum absolute atomic E-state index is 0.320. The molecule has 2 aromatic heterocycles. The van der Waals surface area contributed by atoms with Gasteiger partial charge in [0.1, 0.15) is 23.3 Å². The number of aromatic nitrogens is 1. The van der Waals surface area contributed by atoms with Crippen LogP contribution in [0.2, 0.25) is 0 Å². The zero-order valence-corrected chi connectivity index (χ0v) is 10.2. The van der Waals surface area contributed by atoms with Crippen molar-refractivity contribution in [1.82, 2.24) is 10.3 Å². The molecule has 0 aromatic carbocycles. The molecule has 1 N–H and O–H groups in total. The Balaban J connectivity index is 2.45. The van der Waals surface area contributed by atoms with E-state index in [1.54, 1.807) is 31.6 Å². The van der Waals surface area contributed by atoms with Gasteiger partial charge in [-0.25, -0.2) is 4.39 Å². The molecule has 0 aliphatic heterocycles. The van der Waals surface area contributed by atoms with Crippen molar-refractivity contribution in [3.8, 4) is 0 Å². The van der Waals surface area contributed by atoms with Crippen LogP contribution in [-0.4, -0.2) is 12.0 Å². The Bertz CT molecular complexity index is 486. The fourth-order valence-corrected chi connectivity index (χ4v) is 1.94. The standard InChI is InChI=1S/C11H10BrFN2O/c1-14-10(11-7(12)4-6-16-11)9-8(13)3-2-5-15-9/h2-6,10,14H,1H3. The van der Waals surface area contributed by atoms with E-state index in [0.717, 1.165) is 4.47 Å². The maximum Gasteiger partial charge on any atom is 0.146 e. The molecule has 0 aliphatic carbocycles. The van der Waals surface area contributed by atoms with Gasteiger partial charge < -0.3 is 9.73 Å². The van der Waals surface area contributed by atoms with Crippen molar-refractivity contribution in [2.45, 2.75) is 6.04 Å². The van der Waals surface area contributed by atoms with E-state index in [9.17, 15) is 4.39 Å². The number of pyridine rings is 1. The molecule has 1 atom stereocenters. The summed E-state index contributed by atoms with van der Waals surface area (Å²) >= 11 is 3.35. The van der Waals surface area contributed by atoms with Gasteiger partial charge in [-0.2, -0.15) is 0 Å². The lowest BCUT2D eigenvalue weighted by Gasteiger charge is -2.14. The summed E-state index contributed by atoms with van der Waals surface area (Å²) in [4.78, 5) is 4.03. The summed E-state index contributed by atoms with van der Waals surface area (Å²) < 4.78 is 19.7. The highest BCUT2D eigenvalue weighted by Gasteiger charge is 2.22. The zero-order chi connectivity index (χ0) is 11.5. The summed E-state index contributed by atoms with van der Waals surface area (Å²) in [5.41, 5.74) is 0.320. The molecule has 0 saturated carbocycles. The third-order valence-corrected chi connectivity index (χ3v) is 2.91. The summed E-state index contributed by atoms with van der Waals surface area (Å²) in [6, 6.07) is 4.30. The molecule has 2 rings (SSSR count). The topological polar surface area (TPSA) is 38.1 Å². The molecule has 5 heteroatoms. The Hall–Kier alpha value is -1.20. The van der Waals surface area contributed by atoms with Crippen molar-refractivity contribution in [2.24, 2.45) is 0 Å². The largest absolute Gasteiger partial charge is 0.466 e. The number of halogens is 2. The SMILES string of the molecule is CNC(c1ncccc1F)c1occc1Br.